The highest BCUT2D eigenvalue weighted by Gasteiger charge is 2.24. The first-order valence-electron chi connectivity index (χ1n) is 22.0. The molecule has 1 atom stereocenters. The van der Waals surface area contributed by atoms with Crippen molar-refractivity contribution in [1.29, 1.82) is 0 Å². The average molecular weight is 645 g/mol. The van der Waals surface area contributed by atoms with E-state index >= 15 is 0 Å². The lowest BCUT2D eigenvalue weighted by molar-refractivity contribution is 0.135. The van der Waals surface area contributed by atoms with Gasteiger partial charge in [0.25, 0.3) is 0 Å². The third-order valence-corrected chi connectivity index (χ3v) is 10.8. The van der Waals surface area contributed by atoms with E-state index in [0.717, 1.165) is 0 Å². The lowest BCUT2D eigenvalue weighted by Gasteiger charge is -2.33. The molecule has 1 aliphatic heterocycles. The van der Waals surface area contributed by atoms with E-state index in [9.17, 15) is 0 Å². The minimum absolute atomic E-state index is 0.638. The number of hydrogen-bond acceptors (Lipinski definition) is 2. The van der Waals surface area contributed by atoms with Gasteiger partial charge in [-0.2, -0.15) is 0 Å². The molecule has 0 aromatic carbocycles. The fourth-order valence-electron chi connectivity index (χ4n) is 7.60. The first kappa shape index (κ1) is 43.4. The Morgan fingerprint density at radius 3 is 0.761 bits per heavy atom. The second-order valence-electron chi connectivity index (χ2n) is 15.4. The van der Waals surface area contributed by atoms with E-state index in [4.69, 9.17) is 0 Å². The maximum absolute atomic E-state index is 2.73. The van der Waals surface area contributed by atoms with Crippen LogP contribution in [0.3, 0.4) is 0 Å². The Kier molecular flexibility index (Phi) is 33.6. The van der Waals surface area contributed by atoms with Crippen LogP contribution < -0.4 is 0 Å². The van der Waals surface area contributed by atoms with Gasteiger partial charge in [-0.05, 0) is 25.7 Å². The summed E-state index contributed by atoms with van der Waals surface area (Å²) in [6, 6.07) is 0. The average Bonchev–Trinajstić information content (AvgIpc) is 3.45. The monoisotopic (exact) mass is 645 g/mol. The first-order valence-corrected chi connectivity index (χ1v) is 22.0. The predicted molar refractivity (Wildman–Crippen MR) is 210 cm³/mol. The molecule has 46 heavy (non-hydrogen) atoms. The van der Waals surface area contributed by atoms with Gasteiger partial charge in [0.1, 0.15) is 6.17 Å². The fraction of sp³-hybridized carbons (Fsp3) is 0.955. The zero-order chi connectivity index (χ0) is 33.0. The Morgan fingerprint density at radius 2 is 0.500 bits per heavy atom. The highest BCUT2D eigenvalue weighted by molar-refractivity contribution is 4.97. The summed E-state index contributed by atoms with van der Waals surface area (Å²) in [4.78, 5) is 5.45. The topological polar surface area (TPSA) is 6.48 Å². The van der Waals surface area contributed by atoms with Gasteiger partial charge in [0.2, 0.25) is 0 Å². The van der Waals surface area contributed by atoms with Crippen molar-refractivity contribution >= 4 is 0 Å². The molecular weight excluding hydrogens is 556 g/mol. The van der Waals surface area contributed by atoms with Crippen LogP contribution in [-0.2, 0) is 0 Å². The van der Waals surface area contributed by atoms with Gasteiger partial charge in [0, 0.05) is 25.5 Å². The van der Waals surface area contributed by atoms with Crippen LogP contribution in [0.5, 0.6) is 0 Å². The van der Waals surface area contributed by atoms with E-state index < -0.39 is 0 Å². The summed E-state index contributed by atoms with van der Waals surface area (Å²) in [5, 5.41) is 0. The smallest absolute Gasteiger partial charge is 0.101 e. The van der Waals surface area contributed by atoms with Gasteiger partial charge < -0.3 is 9.80 Å². The standard InChI is InChI=1S/C44H88N2/c1-4-7-10-13-16-19-21-22-23-24-26-29-32-35-38-41-46-43-42-45(40-37-34-31-28-18-15-12-9-6-3)44(46)39-36-33-30-27-25-20-17-14-11-8-5-2/h42-44H,4-41H2,1-3H3. The summed E-state index contributed by atoms with van der Waals surface area (Å²) < 4.78 is 0. The van der Waals surface area contributed by atoms with E-state index in [0.29, 0.717) is 6.17 Å². The molecule has 1 aliphatic rings. The molecule has 0 amide bonds. The van der Waals surface area contributed by atoms with Crippen molar-refractivity contribution in [2.75, 3.05) is 13.1 Å². The lowest BCUT2D eigenvalue weighted by Crippen LogP contribution is -2.39. The zero-order valence-corrected chi connectivity index (χ0v) is 32.5. The fourth-order valence-corrected chi connectivity index (χ4v) is 7.60. The van der Waals surface area contributed by atoms with E-state index in [-0.39, 0.29) is 0 Å². The predicted octanol–water partition coefficient (Wildman–Crippen LogP) is 15.5. The molecular formula is C44H88N2. The molecule has 0 N–H and O–H groups in total. The summed E-state index contributed by atoms with van der Waals surface area (Å²) in [5.41, 5.74) is 0. The minimum atomic E-state index is 0.638. The third-order valence-electron chi connectivity index (χ3n) is 10.8. The van der Waals surface area contributed by atoms with Gasteiger partial charge in [-0.3, -0.25) is 0 Å². The zero-order valence-electron chi connectivity index (χ0n) is 32.5. The molecule has 0 radical (unpaired) electrons. The largest absolute Gasteiger partial charge is 0.356 e. The number of unbranched alkanes of at least 4 members (excludes halogenated alkanes) is 32. The van der Waals surface area contributed by atoms with Gasteiger partial charge in [0.15, 0.2) is 0 Å². The van der Waals surface area contributed by atoms with Crippen LogP contribution in [0, 0.1) is 0 Å². The summed E-state index contributed by atoms with van der Waals surface area (Å²) in [7, 11) is 0. The number of rotatable bonds is 38. The highest BCUT2D eigenvalue weighted by Crippen LogP contribution is 2.24. The lowest BCUT2D eigenvalue weighted by atomic mass is 10.0. The summed E-state index contributed by atoms with van der Waals surface area (Å²) >= 11 is 0. The molecule has 0 fully saturated rings. The molecule has 1 heterocycles. The summed E-state index contributed by atoms with van der Waals surface area (Å²) in [6.45, 7) is 9.49. The molecule has 274 valence electrons. The molecule has 1 rings (SSSR count). The molecule has 0 aliphatic carbocycles. The Hall–Kier alpha value is -0.660. The van der Waals surface area contributed by atoms with Crippen LogP contribution in [0.2, 0.25) is 0 Å². The van der Waals surface area contributed by atoms with Crippen LogP contribution in [-0.4, -0.2) is 29.1 Å². The maximum atomic E-state index is 2.73. The van der Waals surface area contributed by atoms with Crippen LogP contribution in [0.15, 0.2) is 12.4 Å². The van der Waals surface area contributed by atoms with Crippen molar-refractivity contribution in [3.63, 3.8) is 0 Å². The molecule has 2 nitrogen and oxygen atoms in total. The summed E-state index contributed by atoms with van der Waals surface area (Å²) in [6.07, 6.45) is 57.4. The van der Waals surface area contributed by atoms with Crippen molar-refractivity contribution in [1.82, 2.24) is 9.80 Å². The van der Waals surface area contributed by atoms with Gasteiger partial charge in [-0.25, -0.2) is 0 Å². The van der Waals surface area contributed by atoms with Gasteiger partial charge in [0.05, 0.1) is 0 Å². The Labute approximate surface area is 292 Å². The Morgan fingerprint density at radius 1 is 0.283 bits per heavy atom. The minimum Gasteiger partial charge on any atom is -0.356 e. The molecule has 0 bridgehead atoms. The Bertz CT molecular complexity index is 601. The summed E-state index contributed by atoms with van der Waals surface area (Å²) in [5.74, 6) is 0. The van der Waals surface area contributed by atoms with Gasteiger partial charge in [-0.1, -0.05) is 226 Å². The van der Waals surface area contributed by atoms with Crippen LogP contribution in [0.4, 0.5) is 0 Å². The van der Waals surface area contributed by atoms with Crippen LogP contribution >= 0.6 is 0 Å². The van der Waals surface area contributed by atoms with E-state index in [1.165, 1.54) is 244 Å². The second kappa shape index (κ2) is 35.6. The molecule has 0 aromatic heterocycles. The molecule has 1 unspecified atom stereocenters. The van der Waals surface area contributed by atoms with E-state index in [1.54, 1.807) is 0 Å². The highest BCUT2D eigenvalue weighted by atomic mass is 15.4. The molecule has 0 saturated carbocycles. The normalized spacial score (nSPS) is 14.7. The number of hydrogen-bond donors (Lipinski definition) is 0. The molecule has 0 saturated heterocycles. The SMILES string of the molecule is CCCCCCCCCCCCCCCCCN1C=CN(CCCCCCCCCCC)C1CCCCCCCCCCCCC. The van der Waals surface area contributed by atoms with E-state index in [2.05, 4.69) is 43.0 Å². The van der Waals surface area contributed by atoms with Crippen molar-refractivity contribution < 1.29 is 0 Å². The van der Waals surface area contributed by atoms with Crippen molar-refractivity contribution in [2.24, 2.45) is 0 Å². The maximum Gasteiger partial charge on any atom is 0.101 e. The van der Waals surface area contributed by atoms with Crippen molar-refractivity contribution in [3.8, 4) is 0 Å². The molecule has 0 spiro atoms. The van der Waals surface area contributed by atoms with E-state index in [1.807, 2.05) is 0 Å². The van der Waals surface area contributed by atoms with Crippen LogP contribution in [0.1, 0.15) is 252 Å². The number of nitrogens with zero attached hydrogens (tertiary/aromatic N) is 2. The van der Waals surface area contributed by atoms with Gasteiger partial charge >= 0.3 is 0 Å². The van der Waals surface area contributed by atoms with Crippen LogP contribution in [0.25, 0.3) is 0 Å². The quantitative estimate of drug-likeness (QED) is 0.0617. The van der Waals surface area contributed by atoms with Gasteiger partial charge in [-0.15, -0.1) is 0 Å². The van der Waals surface area contributed by atoms with Crippen molar-refractivity contribution in [3.05, 3.63) is 12.4 Å². The second-order valence-corrected chi connectivity index (χ2v) is 15.4. The van der Waals surface area contributed by atoms with Crippen molar-refractivity contribution in [2.45, 2.75) is 258 Å². The third kappa shape index (κ3) is 27.3. The molecule has 0 aromatic rings. The molecule has 2 heteroatoms. The first-order chi connectivity index (χ1) is 22.8. The Balaban J connectivity index is 2.19.